The van der Waals surface area contributed by atoms with E-state index in [1.807, 2.05) is 6.92 Å². The Kier molecular flexibility index (Phi) is 5.59. The Labute approximate surface area is 78.0 Å². The molecule has 1 N–H and O–H groups in total. The number of carbonyl (C=O) groups excluding carboxylic acids is 2. The Morgan fingerprint density at radius 3 is 2.54 bits per heavy atom. The van der Waals surface area contributed by atoms with E-state index in [4.69, 9.17) is 4.74 Å². The van der Waals surface area contributed by atoms with Crippen molar-refractivity contribution in [2.75, 3.05) is 13.2 Å². The van der Waals surface area contributed by atoms with E-state index in [1.54, 1.807) is 6.92 Å². The van der Waals surface area contributed by atoms with Gasteiger partial charge in [-0.25, -0.2) is 4.79 Å². The minimum Gasteiger partial charge on any atom is -0.462 e. The molecule has 0 radical (unpaired) electrons. The first-order valence-electron chi connectivity index (χ1n) is 4.17. The van der Waals surface area contributed by atoms with E-state index in [-0.39, 0.29) is 18.9 Å². The molecule has 0 aromatic heterocycles. The van der Waals surface area contributed by atoms with Crippen LogP contribution in [0, 0.1) is 0 Å². The third-order valence-electron chi connectivity index (χ3n) is 1.28. The largest absolute Gasteiger partial charge is 0.462 e. The number of ether oxygens (including phenoxy) is 1. The highest BCUT2D eigenvalue weighted by Gasteiger charge is 2.04. The van der Waals surface area contributed by atoms with E-state index in [0.717, 1.165) is 0 Å². The van der Waals surface area contributed by atoms with Crippen LogP contribution in [-0.4, -0.2) is 25.0 Å². The lowest BCUT2D eigenvalue weighted by Crippen LogP contribution is -2.24. The SMILES string of the molecule is C=C(C)C(=O)OCCC(=O)NCC. The van der Waals surface area contributed by atoms with Crippen LogP contribution in [-0.2, 0) is 14.3 Å². The predicted molar refractivity (Wildman–Crippen MR) is 49.1 cm³/mol. The molecule has 0 aromatic rings. The zero-order chi connectivity index (χ0) is 10.3. The molecule has 0 unspecified atom stereocenters. The molecule has 0 saturated heterocycles. The van der Waals surface area contributed by atoms with Crippen LogP contribution in [0.3, 0.4) is 0 Å². The van der Waals surface area contributed by atoms with Crippen molar-refractivity contribution in [2.45, 2.75) is 20.3 Å². The Morgan fingerprint density at radius 1 is 1.46 bits per heavy atom. The van der Waals surface area contributed by atoms with Crippen molar-refractivity contribution in [2.24, 2.45) is 0 Å². The summed E-state index contributed by atoms with van der Waals surface area (Å²) in [5.74, 6) is -0.568. The van der Waals surface area contributed by atoms with Gasteiger partial charge >= 0.3 is 5.97 Å². The highest BCUT2D eigenvalue weighted by atomic mass is 16.5. The smallest absolute Gasteiger partial charge is 0.333 e. The molecule has 13 heavy (non-hydrogen) atoms. The van der Waals surface area contributed by atoms with Gasteiger partial charge in [0.25, 0.3) is 0 Å². The molecule has 0 bridgehead atoms. The van der Waals surface area contributed by atoms with E-state index < -0.39 is 5.97 Å². The molecule has 0 rings (SSSR count). The Hall–Kier alpha value is -1.32. The molecule has 4 nitrogen and oxygen atoms in total. The average Bonchev–Trinajstić information content (AvgIpc) is 2.04. The zero-order valence-corrected chi connectivity index (χ0v) is 8.05. The van der Waals surface area contributed by atoms with Crippen molar-refractivity contribution >= 4 is 11.9 Å². The maximum atomic E-state index is 10.9. The summed E-state index contributed by atoms with van der Waals surface area (Å²) in [6.45, 7) is 7.51. The molecule has 0 heterocycles. The van der Waals surface area contributed by atoms with Gasteiger partial charge in [-0.3, -0.25) is 4.79 Å². The van der Waals surface area contributed by atoms with E-state index in [9.17, 15) is 9.59 Å². The van der Waals surface area contributed by atoms with Gasteiger partial charge in [-0.2, -0.15) is 0 Å². The van der Waals surface area contributed by atoms with Gasteiger partial charge in [-0.05, 0) is 13.8 Å². The second-order valence-electron chi connectivity index (χ2n) is 2.62. The van der Waals surface area contributed by atoms with Gasteiger partial charge < -0.3 is 10.1 Å². The number of amides is 1. The van der Waals surface area contributed by atoms with E-state index in [1.165, 1.54) is 0 Å². The second kappa shape index (κ2) is 6.22. The van der Waals surface area contributed by atoms with Gasteiger partial charge in [-0.1, -0.05) is 6.58 Å². The summed E-state index contributed by atoms with van der Waals surface area (Å²) >= 11 is 0. The van der Waals surface area contributed by atoms with Gasteiger partial charge in [0.15, 0.2) is 0 Å². The van der Waals surface area contributed by atoms with E-state index in [2.05, 4.69) is 11.9 Å². The van der Waals surface area contributed by atoms with Crippen LogP contribution in [0.1, 0.15) is 20.3 Å². The molecule has 0 aliphatic rings. The van der Waals surface area contributed by atoms with Crippen molar-refractivity contribution in [1.29, 1.82) is 0 Å². The normalized spacial score (nSPS) is 9.08. The molecule has 0 aromatic carbocycles. The summed E-state index contributed by atoms with van der Waals surface area (Å²) in [7, 11) is 0. The molecular formula is C9H15NO3. The van der Waals surface area contributed by atoms with Crippen LogP contribution in [0.25, 0.3) is 0 Å². The molecule has 0 aliphatic heterocycles. The van der Waals surface area contributed by atoms with Crippen LogP contribution in [0.5, 0.6) is 0 Å². The zero-order valence-electron chi connectivity index (χ0n) is 8.05. The van der Waals surface area contributed by atoms with Crippen molar-refractivity contribution < 1.29 is 14.3 Å². The van der Waals surface area contributed by atoms with Crippen molar-refractivity contribution in [1.82, 2.24) is 5.32 Å². The first-order valence-corrected chi connectivity index (χ1v) is 4.17. The Balaban J connectivity index is 3.50. The maximum absolute atomic E-state index is 10.9. The minimum absolute atomic E-state index is 0.109. The molecule has 1 amide bonds. The lowest BCUT2D eigenvalue weighted by atomic mass is 10.3. The number of hydrogen-bond donors (Lipinski definition) is 1. The molecule has 0 aliphatic carbocycles. The first kappa shape index (κ1) is 11.7. The molecule has 74 valence electrons. The topological polar surface area (TPSA) is 55.4 Å². The van der Waals surface area contributed by atoms with E-state index in [0.29, 0.717) is 12.1 Å². The van der Waals surface area contributed by atoms with Crippen molar-refractivity contribution in [3.8, 4) is 0 Å². The van der Waals surface area contributed by atoms with Crippen molar-refractivity contribution in [3.05, 3.63) is 12.2 Å². The van der Waals surface area contributed by atoms with Crippen LogP contribution in [0.15, 0.2) is 12.2 Å². The fourth-order valence-corrected chi connectivity index (χ4v) is 0.645. The number of rotatable bonds is 5. The summed E-state index contributed by atoms with van der Waals surface area (Å²) < 4.78 is 4.72. The first-order chi connectivity index (χ1) is 6.07. The fourth-order valence-electron chi connectivity index (χ4n) is 0.645. The number of esters is 1. The Bertz CT molecular complexity index is 211. The maximum Gasteiger partial charge on any atom is 0.333 e. The summed E-state index contributed by atoms with van der Waals surface area (Å²) in [5, 5.41) is 2.60. The van der Waals surface area contributed by atoms with Gasteiger partial charge in [0, 0.05) is 12.1 Å². The van der Waals surface area contributed by atoms with Crippen LogP contribution >= 0.6 is 0 Å². The lowest BCUT2D eigenvalue weighted by Gasteiger charge is -2.03. The third-order valence-corrected chi connectivity index (χ3v) is 1.28. The molecule has 0 atom stereocenters. The molecule has 0 spiro atoms. The minimum atomic E-state index is -0.454. The fraction of sp³-hybridized carbons (Fsp3) is 0.556. The molecule has 4 heteroatoms. The predicted octanol–water partition coefficient (Wildman–Crippen LogP) is 0.632. The highest BCUT2D eigenvalue weighted by molar-refractivity contribution is 5.87. The lowest BCUT2D eigenvalue weighted by molar-refractivity contribution is -0.139. The second-order valence-corrected chi connectivity index (χ2v) is 2.62. The number of nitrogens with one attached hydrogen (secondary N) is 1. The number of carbonyl (C=O) groups is 2. The molecular weight excluding hydrogens is 170 g/mol. The summed E-state index contributed by atoms with van der Waals surface area (Å²) in [6.07, 6.45) is 0.201. The van der Waals surface area contributed by atoms with Crippen LogP contribution in [0.4, 0.5) is 0 Å². The van der Waals surface area contributed by atoms with Gasteiger partial charge in [0.1, 0.15) is 6.61 Å². The summed E-state index contributed by atoms with van der Waals surface area (Å²) in [4.78, 5) is 21.7. The Morgan fingerprint density at radius 2 is 2.08 bits per heavy atom. The number of hydrogen-bond acceptors (Lipinski definition) is 3. The standard InChI is InChI=1S/C9H15NO3/c1-4-10-8(11)5-6-13-9(12)7(2)3/h2,4-6H2,1,3H3,(H,10,11). The highest BCUT2D eigenvalue weighted by Crippen LogP contribution is 1.93. The van der Waals surface area contributed by atoms with Gasteiger partial charge in [0.05, 0.1) is 6.42 Å². The van der Waals surface area contributed by atoms with Crippen LogP contribution in [0.2, 0.25) is 0 Å². The van der Waals surface area contributed by atoms with Gasteiger partial charge in [-0.15, -0.1) is 0 Å². The quantitative estimate of drug-likeness (QED) is 0.505. The van der Waals surface area contributed by atoms with Gasteiger partial charge in [0.2, 0.25) is 5.91 Å². The molecule has 0 saturated carbocycles. The monoisotopic (exact) mass is 185 g/mol. The average molecular weight is 185 g/mol. The summed E-state index contributed by atoms with van der Waals surface area (Å²) in [6, 6.07) is 0. The van der Waals surface area contributed by atoms with E-state index >= 15 is 0 Å². The van der Waals surface area contributed by atoms with Crippen molar-refractivity contribution in [3.63, 3.8) is 0 Å². The van der Waals surface area contributed by atoms with Crippen LogP contribution < -0.4 is 5.32 Å². The third kappa shape index (κ3) is 5.90. The summed E-state index contributed by atoms with van der Waals surface area (Å²) in [5.41, 5.74) is 0.343. The molecule has 0 fully saturated rings.